The second kappa shape index (κ2) is 9.36. The maximum atomic E-state index is 12.0. The summed E-state index contributed by atoms with van der Waals surface area (Å²) >= 11 is 0. The first-order valence-corrected chi connectivity index (χ1v) is 8.14. The van der Waals surface area contributed by atoms with E-state index in [1.807, 2.05) is 30.3 Å². The van der Waals surface area contributed by atoms with Gasteiger partial charge in [0.05, 0.1) is 5.56 Å². The number of rotatable bonds is 7. The van der Waals surface area contributed by atoms with Crippen molar-refractivity contribution < 1.29 is 28.6 Å². The van der Waals surface area contributed by atoms with E-state index >= 15 is 0 Å². The Morgan fingerprint density at radius 1 is 0.769 bits per heavy atom. The monoisotopic (exact) mass is 356 g/mol. The zero-order chi connectivity index (χ0) is 18.9. The highest BCUT2D eigenvalue weighted by Gasteiger charge is 2.25. The van der Waals surface area contributed by atoms with E-state index in [1.165, 1.54) is 13.8 Å². The van der Waals surface area contributed by atoms with E-state index in [1.54, 1.807) is 30.3 Å². The fourth-order valence-corrected chi connectivity index (χ4v) is 2.02. The fraction of sp³-hybridized carbons (Fsp3) is 0.250. The molecule has 0 spiro atoms. The molecule has 6 heteroatoms. The predicted molar refractivity (Wildman–Crippen MR) is 93.1 cm³/mol. The molecule has 0 aliphatic rings. The average Bonchev–Trinajstić information content (AvgIpc) is 2.67. The van der Waals surface area contributed by atoms with Crippen LogP contribution in [0.2, 0.25) is 0 Å². The average molecular weight is 356 g/mol. The van der Waals surface area contributed by atoms with Crippen LogP contribution in [0, 0.1) is 0 Å². The maximum Gasteiger partial charge on any atom is 0.348 e. The van der Waals surface area contributed by atoms with Gasteiger partial charge in [-0.25, -0.2) is 14.4 Å². The van der Waals surface area contributed by atoms with Crippen LogP contribution >= 0.6 is 0 Å². The van der Waals surface area contributed by atoms with E-state index in [-0.39, 0.29) is 6.61 Å². The lowest BCUT2D eigenvalue weighted by molar-refractivity contribution is -0.172. The Bertz CT molecular complexity index is 741. The van der Waals surface area contributed by atoms with Gasteiger partial charge in [0.1, 0.15) is 6.61 Å². The number of ether oxygens (including phenoxy) is 3. The van der Waals surface area contributed by atoms with Gasteiger partial charge in [-0.3, -0.25) is 0 Å². The molecule has 0 saturated heterocycles. The Morgan fingerprint density at radius 3 is 1.92 bits per heavy atom. The summed E-state index contributed by atoms with van der Waals surface area (Å²) in [5, 5.41) is 0. The maximum absolute atomic E-state index is 12.0. The van der Waals surface area contributed by atoms with E-state index in [9.17, 15) is 14.4 Å². The molecule has 0 amide bonds. The Kier molecular flexibility index (Phi) is 6.91. The molecule has 0 aliphatic heterocycles. The Morgan fingerprint density at radius 2 is 1.31 bits per heavy atom. The molecule has 0 heterocycles. The second-order valence-corrected chi connectivity index (χ2v) is 5.59. The minimum absolute atomic E-state index is 0.0834. The van der Waals surface area contributed by atoms with Crippen LogP contribution in [-0.4, -0.2) is 30.1 Å². The van der Waals surface area contributed by atoms with Crippen LogP contribution in [0.1, 0.15) is 29.8 Å². The molecule has 2 aromatic rings. The summed E-state index contributed by atoms with van der Waals surface area (Å²) in [4.78, 5) is 35.8. The Balaban J connectivity index is 1.79. The normalized spacial score (nSPS) is 12.5. The summed E-state index contributed by atoms with van der Waals surface area (Å²) in [5.74, 6) is -2.14. The van der Waals surface area contributed by atoms with Crippen molar-refractivity contribution in [2.24, 2.45) is 0 Å². The van der Waals surface area contributed by atoms with Crippen LogP contribution < -0.4 is 0 Å². The third kappa shape index (κ3) is 5.73. The van der Waals surface area contributed by atoms with Crippen LogP contribution in [0.5, 0.6) is 0 Å². The molecular weight excluding hydrogens is 336 g/mol. The molecule has 6 nitrogen and oxygen atoms in total. The molecule has 0 aliphatic carbocycles. The highest BCUT2D eigenvalue weighted by molar-refractivity contribution is 5.91. The number of carbonyl (C=O) groups is 3. The van der Waals surface area contributed by atoms with Crippen molar-refractivity contribution in [3.63, 3.8) is 0 Å². The zero-order valence-corrected chi connectivity index (χ0v) is 14.6. The lowest BCUT2D eigenvalue weighted by atomic mass is 10.2. The van der Waals surface area contributed by atoms with Gasteiger partial charge in [-0.1, -0.05) is 48.5 Å². The summed E-state index contributed by atoms with van der Waals surface area (Å²) < 4.78 is 15.1. The highest BCUT2D eigenvalue weighted by atomic mass is 16.6. The summed E-state index contributed by atoms with van der Waals surface area (Å²) in [7, 11) is 0. The number of hydrogen-bond donors (Lipinski definition) is 0. The van der Waals surface area contributed by atoms with Gasteiger partial charge < -0.3 is 14.2 Å². The van der Waals surface area contributed by atoms with E-state index in [0.717, 1.165) is 5.56 Å². The lowest BCUT2D eigenvalue weighted by Gasteiger charge is -2.16. The molecule has 2 rings (SSSR count). The van der Waals surface area contributed by atoms with Crippen molar-refractivity contribution in [3.8, 4) is 0 Å². The number of carbonyl (C=O) groups excluding carboxylic acids is 3. The Hall–Kier alpha value is -3.15. The second-order valence-electron chi connectivity index (χ2n) is 5.59. The van der Waals surface area contributed by atoms with Crippen molar-refractivity contribution >= 4 is 17.9 Å². The summed E-state index contributed by atoms with van der Waals surface area (Å²) in [6.07, 6.45) is -2.25. The van der Waals surface area contributed by atoms with Gasteiger partial charge in [-0.15, -0.1) is 0 Å². The van der Waals surface area contributed by atoms with Gasteiger partial charge in [0.15, 0.2) is 12.2 Å². The van der Waals surface area contributed by atoms with Crippen molar-refractivity contribution in [1.82, 2.24) is 0 Å². The van der Waals surface area contributed by atoms with Gasteiger partial charge in [-0.2, -0.15) is 0 Å². The van der Waals surface area contributed by atoms with Crippen LogP contribution in [0.25, 0.3) is 0 Å². The van der Waals surface area contributed by atoms with Gasteiger partial charge in [0.25, 0.3) is 0 Å². The highest BCUT2D eigenvalue weighted by Crippen LogP contribution is 2.08. The molecule has 2 aromatic carbocycles. The first-order chi connectivity index (χ1) is 12.5. The zero-order valence-electron chi connectivity index (χ0n) is 14.6. The third-order valence-electron chi connectivity index (χ3n) is 3.47. The quantitative estimate of drug-likeness (QED) is 0.561. The van der Waals surface area contributed by atoms with Gasteiger partial charge in [0.2, 0.25) is 0 Å². The topological polar surface area (TPSA) is 78.9 Å². The molecule has 0 aromatic heterocycles. The minimum Gasteiger partial charge on any atom is -0.458 e. The molecule has 2 unspecified atom stereocenters. The van der Waals surface area contributed by atoms with Gasteiger partial charge in [-0.05, 0) is 31.5 Å². The summed E-state index contributed by atoms with van der Waals surface area (Å²) in [6.45, 7) is 2.86. The van der Waals surface area contributed by atoms with Gasteiger partial charge in [0, 0.05) is 0 Å². The molecule has 0 bridgehead atoms. The van der Waals surface area contributed by atoms with E-state index in [0.29, 0.717) is 5.56 Å². The van der Waals surface area contributed by atoms with Crippen LogP contribution in [0.3, 0.4) is 0 Å². The van der Waals surface area contributed by atoms with Crippen molar-refractivity contribution in [2.45, 2.75) is 32.7 Å². The number of hydrogen-bond acceptors (Lipinski definition) is 6. The number of benzene rings is 2. The smallest absolute Gasteiger partial charge is 0.348 e. The molecule has 0 radical (unpaired) electrons. The van der Waals surface area contributed by atoms with Crippen molar-refractivity contribution in [1.29, 1.82) is 0 Å². The first-order valence-electron chi connectivity index (χ1n) is 8.14. The van der Waals surface area contributed by atoms with Crippen LogP contribution in [-0.2, 0) is 30.4 Å². The lowest BCUT2D eigenvalue weighted by Crippen LogP contribution is -2.33. The first kappa shape index (κ1) is 19.2. The molecule has 0 fully saturated rings. The standard InChI is InChI=1S/C20H20O6/c1-14(18(21)24-13-16-9-5-3-6-10-16)25-19(22)15(2)26-20(23)17-11-7-4-8-12-17/h3-12,14-15H,13H2,1-2H3. The van der Waals surface area contributed by atoms with Crippen LogP contribution in [0.4, 0.5) is 0 Å². The van der Waals surface area contributed by atoms with E-state index in [4.69, 9.17) is 14.2 Å². The predicted octanol–water partition coefficient (Wildman–Crippen LogP) is 2.91. The fourth-order valence-electron chi connectivity index (χ4n) is 2.02. The molecule has 136 valence electrons. The SMILES string of the molecule is CC(OC(=O)c1ccccc1)C(=O)OC(C)C(=O)OCc1ccccc1. The molecule has 0 N–H and O–H groups in total. The molecule has 0 saturated carbocycles. The molecule has 2 atom stereocenters. The van der Waals surface area contributed by atoms with E-state index < -0.39 is 30.1 Å². The largest absolute Gasteiger partial charge is 0.458 e. The van der Waals surface area contributed by atoms with Crippen LogP contribution in [0.15, 0.2) is 60.7 Å². The summed E-state index contributed by atoms with van der Waals surface area (Å²) in [5.41, 5.74) is 1.15. The summed E-state index contributed by atoms with van der Waals surface area (Å²) in [6, 6.07) is 17.4. The number of esters is 3. The van der Waals surface area contributed by atoms with Crippen molar-refractivity contribution in [3.05, 3.63) is 71.8 Å². The van der Waals surface area contributed by atoms with Crippen molar-refractivity contribution in [2.75, 3.05) is 0 Å². The Labute approximate surface area is 151 Å². The molecule has 26 heavy (non-hydrogen) atoms. The third-order valence-corrected chi connectivity index (χ3v) is 3.47. The minimum atomic E-state index is -1.15. The molecular formula is C20H20O6. The van der Waals surface area contributed by atoms with Gasteiger partial charge >= 0.3 is 17.9 Å². The van der Waals surface area contributed by atoms with E-state index in [2.05, 4.69) is 0 Å².